The molecule has 7 atom stereocenters. The average Bonchev–Trinajstić information content (AvgIpc) is 2.63. The van der Waals surface area contributed by atoms with E-state index in [1.807, 2.05) is 0 Å². The number of phenols is 1. The Morgan fingerprint density at radius 1 is 1.11 bits per heavy atom. The van der Waals surface area contributed by atoms with Crippen molar-refractivity contribution in [2.24, 2.45) is 0 Å². The van der Waals surface area contributed by atoms with Gasteiger partial charge in [-0.3, -0.25) is 0 Å². The van der Waals surface area contributed by atoms with Crippen LogP contribution in [-0.2, 0) is 20.8 Å². The third-order valence-electron chi connectivity index (χ3n) is 4.82. The Kier molecular flexibility index (Phi) is 5.68. The number of rotatable bonds is 4. The van der Waals surface area contributed by atoms with Gasteiger partial charge in [-0.05, 0) is 6.92 Å². The molecule has 1 aromatic carbocycles. The van der Waals surface area contributed by atoms with E-state index in [0.29, 0.717) is 5.56 Å². The minimum atomic E-state index is -1.69. The van der Waals surface area contributed by atoms with Crippen molar-refractivity contribution in [1.29, 1.82) is 0 Å². The van der Waals surface area contributed by atoms with Gasteiger partial charge in [0.25, 0.3) is 0 Å². The van der Waals surface area contributed by atoms with Crippen molar-refractivity contribution < 1.29 is 49.6 Å². The number of esters is 1. The zero-order valence-corrected chi connectivity index (χ0v) is 14.4. The molecular formula is C17H22O10. The summed E-state index contributed by atoms with van der Waals surface area (Å²) in [4.78, 5) is 12.1. The van der Waals surface area contributed by atoms with Crippen LogP contribution in [0.15, 0.2) is 12.1 Å². The van der Waals surface area contributed by atoms with E-state index < -0.39 is 61.2 Å². The molecule has 1 unspecified atom stereocenters. The highest BCUT2D eigenvalue weighted by atomic mass is 16.6. The van der Waals surface area contributed by atoms with Crippen LogP contribution in [-0.4, -0.2) is 80.0 Å². The third-order valence-corrected chi connectivity index (χ3v) is 4.82. The molecule has 10 heteroatoms. The molecule has 0 aromatic heterocycles. The number of cyclic esters (lactones) is 1. The van der Waals surface area contributed by atoms with Gasteiger partial charge in [0.05, 0.1) is 13.2 Å². The number of fused-ring (bicyclic) bond motifs is 1. The molecule has 27 heavy (non-hydrogen) atoms. The van der Waals surface area contributed by atoms with Crippen molar-refractivity contribution in [2.45, 2.75) is 56.4 Å². The number of aliphatic hydroxyl groups is 5. The van der Waals surface area contributed by atoms with Gasteiger partial charge >= 0.3 is 5.97 Å². The van der Waals surface area contributed by atoms with Crippen LogP contribution in [0.5, 0.6) is 5.75 Å². The van der Waals surface area contributed by atoms with E-state index in [1.54, 1.807) is 6.92 Å². The van der Waals surface area contributed by atoms with E-state index in [-0.39, 0.29) is 17.7 Å². The van der Waals surface area contributed by atoms with E-state index in [0.717, 1.165) is 0 Å². The number of ether oxygens (including phenoxy) is 3. The Bertz CT molecular complexity index is 707. The SMILES string of the molecule is C[C@H]1OC(=O)c2c(ccc(CO)c2O)C1OC[C@H]1O[C@@H](O)[C@H](O)[C@@H](O)[C@@H]1O. The zero-order chi connectivity index (χ0) is 19.9. The molecule has 0 spiro atoms. The quantitative estimate of drug-likeness (QED) is 0.328. The van der Waals surface area contributed by atoms with Crippen LogP contribution >= 0.6 is 0 Å². The highest BCUT2D eigenvalue weighted by Crippen LogP contribution is 2.38. The second kappa shape index (κ2) is 7.68. The molecule has 2 heterocycles. The number of aromatic hydroxyl groups is 1. The maximum atomic E-state index is 12.1. The predicted molar refractivity (Wildman–Crippen MR) is 86.5 cm³/mol. The Hall–Kier alpha value is -1.79. The van der Waals surface area contributed by atoms with E-state index in [1.165, 1.54) is 12.1 Å². The molecule has 10 nitrogen and oxygen atoms in total. The summed E-state index contributed by atoms with van der Waals surface area (Å²) >= 11 is 0. The van der Waals surface area contributed by atoms with Gasteiger partial charge in [-0.25, -0.2) is 4.79 Å². The van der Waals surface area contributed by atoms with Gasteiger partial charge in [0, 0.05) is 11.1 Å². The van der Waals surface area contributed by atoms with Crippen LogP contribution in [0.25, 0.3) is 0 Å². The smallest absolute Gasteiger partial charge is 0.342 e. The lowest BCUT2D eigenvalue weighted by atomic mass is 9.93. The zero-order valence-electron chi connectivity index (χ0n) is 14.4. The molecule has 0 bridgehead atoms. The van der Waals surface area contributed by atoms with Crippen molar-refractivity contribution in [1.82, 2.24) is 0 Å². The Morgan fingerprint density at radius 2 is 1.81 bits per heavy atom. The number of carbonyl (C=O) groups excluding carboxylic acids is 1. The second-order valence-electron chi connectivity index (χ2n) is 6.60. The largest absolute Gasteiger partial charge is 0.507 e. The number of hydrogen-bond acceptors (Lipinski definition) is 10. The summed E-state index contributed by atoms with van der Waals surface area (Å²) in [5.74, 6) is -1.16. The molecule has 6 N–H and O–H groups in total. The minimum Gasteiger partial charge on any atom is -0.507 e. The molecule has 1 aromatic rings. The van der Waals surface area contributed by atoms with E-state index in [4.69, 9.17) is 14.2 Å². The summed E-state index contributed by atoms with van der Waals surface area (Å²) in [5, 5.41) is 58.3. The summed E-state index contributed by atoms with van der Waals surface area (Å²) in [7, 11) is 0. The fraction of sp³-hybridized carbons (Fsp3) is 0.588. The van der Waals surface area contributed by atoms with Crippen LogP contribution in [0.4, 0.5) is 0 Å². The first-order valence-corrected chi connectivity index (χ1v) is 8.42. The average molecular weight is 386 g/mol. The standard InChI is InChI=1S/C17H22O10/c1-6-15(25-5-9-12(20)13(21)14(22)17(24)27-9)8-3-2-7(4-18)11(19)10(8)16(23)26-6/h2-3,6,9,12-15,17-22,24H,4-5H2,1H3/t6-,9-,12-,13+,14-,15?,17-/m1/s1. The summed E-state index contributed by atoms with van der Waals surface area (Å²) in [5.41, 5.74) is 0.371. The topological polar surface area (TPSA) is 166 Å². The van der Waals surface area contributed by atoms with Crippen LogP contribution in [0.1, 0.15) is 34.5 Å². The molecule has 0 saturated carbocycles. The van der Waals surface area contributed by atoms with E-state index in [9.17, 15) is 35.4 Å². The maximum absolute atomic E-state index is 12.1. The molecule has 0 amide bonds. The number of benzene rings is 1. The molecule has 2 aliphatic heterocycles. The van der Waals surface area contributed by atoms with Gasteiger partial charge in [-0.15, -0.1) is 0 Å². The van der Waals surface area contributed by atoms with Gasteiger partial charge in [0.2, 0.25) is 0 Å². The van der Waals surface area contributed by atoms with Gasteiger partial charge in [0.15, 0.2) is 6.29 Å². The van der Waals surface area contributed by atoms with Crippen LogP contribution in [0.2, 0.25) is 0 Å². The molecule has 3 rings (SSSR count). The van der Waals surface area contributed by atoms with E-state index in [2.05, 4.69) is 0 Å². The van der Waals surface area contributed by atoms with Gasteiger partial charge in [-0.2, -0.15) is 0 Å². The van der Waals surface area contributed by atoms with Crippen LogP contribution in [0, 0.1) is 0 Å². The number of carbonyl (C=O) groups is 1. The van der Waals surface area contributed by atoms with Crippen molar-refractivity contribution in [3.8, 4) is 5.75 Å². The van der Waals surface area contributed by atoms with Crippen LogP contribution in [0.3, 0.4) is 0 Å². The van der Waals surface area contributed by atoms with Crippen LogP contribution < -0.4 is 0 Å². The first-order chi connectivity index (χ1) is 12.8. The van der Waals surface area contributed by atoms with Gasteiger partial charge in [0.1, 0.15) is 47.9 Å². The molecule has 2 aliphatic rings. The Labute approximate surface area is 154 Å². The molecular weight excluding hydrogens is 364 g/mol. The van der Waals surface area contributed by atoms with E-state index >= 15 is 0 Å². The van der Waals surface area contributed by atoms with Crippen molar-refractivity contribution in [3.05, 3.63) is 28.8 Å². The number of hydrogen-bond donors (Lipinski definition) is 6. The monoisotopic (exact) mass is 386 g/mol. The predicted octanol–water partition coefficient (Wildman–Crippen LogP) is -1.70. The fourth-order valence-electron chi connectivity index (χ4n) is 3.26. The summed E-state index contributed by atoms with van der Waals surface area (Å²) in [6.07, 6.45) is -9.17. The summed E-state index contributed by atoms with van der Waals surface area (Å²) in [6, 6.07) is 2.97. The fourth-order valence-corrected chi connectivity index (χ4v) is 3.26. The summed E-state index contributed by atoms with van der Waals surface area (Å²) < 4.78 is 15.9. The normalized spacial score (nSPS) is 36.2. The third kappa shape index (κ3) is 3.52. The molecule has 0 radical (unpaired) electrons. The number of aliphatic hydroxyl groups excluding tert-OH is 5. The lowest BCUT2D eigenvalue weighted by Gasteiger charge is -2.39. The molecule has 150 valence electrons. The van der Waals surface area contributed by atoms with Gasteiger partial charge in [-0.1, -0.05) is 12.1 Å². The molecule has 1 fully saturated rings. The lowest BCUT2D eigenvalue weighted by molar-refractivity contribution is -0.291. The Morgan fingerprint density at radius 3 is 2.48 bits per heavy atom. The summed E-state index contributed by atoms with van der Waals surface area (Å²) in [6.45, 7) is 0.818. The first-order valence-electron chi connectivity index (χ1n) is 8.42. The maximum Gasteiger partial charge on any atom is 0.342 e. The lowest BCUT2D eigenvalue weighted by Crippen LogP contribution is -2.58. The van der Waals surface area contributed by atoms with Crippen molar-refractivity contribution >= 4 is 5.97 Å². The highest BCUT2D eigenvalue weighted by molar-refractivity contribution is 5.96. The minimum absolute atomic E-state index is 0.120. The van der Waals surface area contributed by atoms with Crippen molar-refractivity contribution in [3.63, 3.8) is 0 Å². The molecule has 1 saturated heterocycles. The van der Waals surface area contributed by atoms with Crippen molar-refractivity contribution in [2.75, 3.05) is 6.61 Å². The Balaban J connectivity index is 1.81. The second-order valence-corrected chi connectivity index (χ2v) is 6.60. The molecule has 0 aliphatic carbocycles. The highest BCUT2D eigenvalue weighted by Gasteiger charge is 2.44. The van der Waals surface area contributed by atoms with Gasteiger partial charge < -0.3 is 44.8 Å². The first kappa shape index (κ1) is 20.0.